The molecule has 0 amide bonds. The fraction of sp³-hybridized carbons (Fsp3) is 0.833. The van der Waals surface area contributed by atoms with Gasteiger partial charge in [0.05, 0.1) is 7.11 Å². The second kappa shape index (κ2) is 7.43. The maximum Gasteiger partial charge on any atom is 0.305 e. The van der Waals surface area contributed by atoms with Crippen molar-refractivity contribution in [2.45, 2.75) is 46.5 Å². The van der Waals surface area contributed by atoms with E-state index in [1.807, 2.05) is 20.8 Å². The summed E-state index contributed by atoms with van der Waals surface area (Å²) >= 11 is 0. The number of hydrogen-bond acceptors (Lipinski definition) is 3. The van der Waals surface area contributed by atoms with Crippen LogP contribution in [-0.4, -0.2) is 18.9 Å². The van der Waals surface area contributed by atoms with Gasteiger partial charge in [-0.1, -0.05) is 20.8 Å². The molecule has 1 atom stereocenters. The van der Waals surface area contributed by atoms with Crippen LogP contribution in [0.5, 0.6) is 0 Å². The van der Waals surface area contributed by atoms with E-state index in [2.05, 4.69) is 4.74 Å². The molecule has 0 aromatic carbocycles. The SMILES string of the molecule is COC(=O)CCC(C)CC(=O)CC(C)C. The van der Waals surface area contributed by atoms with Crippen LogP contribution in [-0.2, 0) is 14.3 Å². The second-order valence-electron chi connectivity index (χ2n) is 4.56. The first-order chi connectivity index (χ1) is 6.95. The molecule has 0 aliphatic heterocycles. The predicted molar refractivity (Wildman–Crippen MR) is 59.5 cm³/mol. The number of rotatable bonds is 7. The van der Waals surface area contributed by atoms with Crippen molar-refractivity contribution in [3.8, 4) is 0 Å². The molecule has 0 fully saturated rings. The molecule has 15 heavy (non-hydrogen) atoms. The van der Waals surface area contributed by atoms with Gasteiger partial charge in [0.25, 0.3) is 0 Å². The van der Waals surface area contributed by atoms with Gasteiger partial charge in [0, 0.05) is 19.3 Å². The molecule has 0 aromatic heterocycles. The van der Waals surface area contributed by atoms with Crippen molar-refractivity contribution in [1.29, 1.82) is 0 Å². The zero-order chi connectivity index (χ0) is 11.8. The molecule has 0 bridgehead atoms. The second-order valence-corrected chi connectivity index (χ2v) is 4.56. The van der Waals surface area contributed by atoms with Crippen LogP contribution in [0.4, 0.5) is 0 Å². The molecule has 0 aliphatic carbocycles. The molecular formula is C12H22O3. The number of Topliss-reactive ketones (excluding diaryl/α,β-unsaturated/α-hetero) is 1. The standard InChI is InChI=1S/C12H22O3/c1-9(2)7-11(13)8-10(3)5-6-12(14)15-4/h9-10H,5-8H2,1-4H3. The number of esters is 1. The van der Waals surface area contributed by atoms with E-state index in [1.54, 1.807) is 0 Å². The van der Waals surface area contributed by atoms with Gasteiger partial charge in [0.15, 0.2) is 0 Å². The van der Waals surface area contributed by atoms with Crippen molar-refractivity contribution in [2.75, 3.05) is 7.11 Å². The van der Waals surface area contributed by atoms with Gasteiger partial charge in [-0.25, -0.2) is 0 Å². The minimum absolute atomic E-state index is 0.196. The molecule has 0 aromatic rings. The predicted octanol–water partition coefficient (Wildman–Crippen LogP) is 2.58. The van der Waals surface area contributed by atoms with E-state index in [0.717, 1.165) is 6.42 Å². The zero-order valence-electron chi connectivity index (χ0n) is 10.2. The highest BCUT2D eigenvalue weighted by Crippen LogP contribution is 2.14. The molecule has 0 saturated heterocycles. The van der Waals surface area contributed by atoms with E-state index >= 15 is 0 Å². The Labute approximate surface area is 92.2 Å². The van der Waals surface area contributed by atoms with Crippen molar-refractivity contribution in [3.05, 3.63) is 0 Å². The Hall–Kier alpha value is -0.860. The summed E-state index contributed by atoms with van der Waals surface area (Å²) in [5, 5.41) is 0. The fourth-order valence-corrected chi connectivity index (χ4v) is 1.50. The van der Waals surface area contributed by atoms with Gasteiger partial charge in [-0.05, 0) is 18.3 Å². The Morgan fingerprint density at radius 3 is 2.20 bits per heavy atom. The lowest BCUT2D eigenvalue weighted by atomic mass is 9.95. The number of ether oxygens (including phenoxy) is 1. The van der Waals surface area contributed by atoms with E-state index in [0.29, 0.717) is 31.0 Å². The van der Waals surface area contributed by atoms with Gasteiger partial charge in [0.1, 0.15) is 5.78 Å². The molecule has 3 nitrogen and oxygen atoms in total. The van der Waals surface area contributed by atoms with Crippen molar-refractivity contribution in [1.82, 2.24) is 0 Å². The summed E-state index contributed by atoms with van der Waals surface area (Å²) in [6.45, 7) is 6.08. The summed E-state index contributed by atoms with van der Waals surface area (Å²) in [5.41, 5.74) is 0. The molecule has 3 heteroatoms. The third kappa shape index (κ3) is 8.16. The van der Waals surface area contributed by atoms with Crippen LogP contribution in [0.25, 0.3) is 0 Å². The Morgan fingerprint density at radius 2 is 1.73 bits per heavy atom. The largest absolute Gasteiger partial charge is 0.469 e. The van der Waals surface area contributed by atoms with Crippen LogP contribution in [0.15, 0.2) is 0 Å². The topological polar surface area (TPSA) is 43.4 Å². The molecule has 88 valence electrons. The lowest BCUT2D eigenvalue weighted by Gasteiger charge is -2.10. The highest BCUT2D eigenvalue weighted by Gasteiger charge is 2.12. The highest BCUT2D eigenvalue weighted by molar-refractivity contribution is 5.78. The molecule has 0 spiro atoms. The summed E-state index contributed by atoms with van der Waals surface area (Å²) in [4.78, 5) is 22.3. The van der Waals surface area contributed by atoms with E-state index in [4.69, 9.17) is 0 Å². The van der Waals surface area contributed by atoms with Crippen molar-refractivity contribution < 1.29 is 14.3 Å². The van der Waals surface area contributed by atoms with E-state index in [9.17, 15) is 9.59 Å². The summed E-state index contributed by atoms with van der Waals surface area (Å²) in [7, 11) is 1.39. The van der Waals surface area contributed by atoms with Gasteiger partial charge in [-0.3, -0.25) is 9.59 Å². The first-order valence-electron chi connectivity index (χ1n) is 5.54. The molecule has 0 saturated carbocycles. The fourth-order valence-electron chi connectivity index (χ4n) is 1.50. The van der Waals surface area contributed by atoms with Crippen LogP contribution < -0.4 is 0 Å². The van der Waals surface area contributed by atoms with E-state index < -0.39 is 0 Å². The van der Waals surface area contributed by atoms with Crippen LogP contribution >= 0.6 is 0 Å². The quantitative estimate of drug-likeness (QED) is 0.612. The van der Waals surface area contributed by atoms with Gasteiger partial charge in [-0.2, -0.15) is 0 Å². The zero-order valence-corrected chi connectivity index (χ0v) is 10.2. The van der Waals surface area contributed by atoms with Gasteiger partial charge >= 0.3 is 5.97 Å². The summed E-state index contributed by atoms with van der Waals surface area (Å²) in [5.74, 6) is 0.793. The lowest BCUT2D eigenvalue weighted by Crippen LogP contribution is -2.10. The number of methoxy groups -OCH3 is 1. The Morgan fingerprint density at radius 1 is 1.13 bits per heavy atom. The first-order valence-corrected chi connectivity index (χ1v) is 5.54. The first kappa shape index (κ1) is 14.1. The van der Waals surface area contributed by atoms with Gasteiger partial charge < -0.3 is 4.74 Å². The van der Waals surface area contributed by atoms with Crippen molar-refractivity contribution in [2.24, 2.45) is 11.8 Å². The van der Waals surface area contributed by atoms with Gasteiger partial charge in [0.2, 0.25) is 0 Å². The number of carbonyl (C=O) groups excluding carboxylic acids is 2. The van der Waals surface area contributed by atoms with Crippen LogP contribution in [0.3, 0.4) is 0 Å². The average molecular weight is 214 g/mol. The molecule has 0 N–H and O–H groups in total. The third-order valence-corrected chi connectivity index (χ3v) is 2.28. The number of ketones is 1. The summed E-state index contributed by atoms with van der Waals surface area (Å²) < 4.78 is 4.55. The average Bonchev–Trinajstić information content (AvgIpc) is 2.12. The molecule has 0 heterocycles. The maximum absolute atomic E-state index is 11.5. The summed E-state index contributed by atoms with van der Waals surface area (Å²) in [6.07, 6.45) is 2.36. The van der Waals surface area contributed by atoms with Crippen LogP contribution in [0.2, 0.25) is 0 Å². The van der Waals surface area contributed by atoms with E-state index in [-0.39, 0.29) is 11.9 Å². The van der Waals surface area contributed by atoms with Crippen molar-refractivity contribution >= 4 is 11.8 Å². The Bertz CT molecular complexity index is 209. The lowest BCUT2D eigenvalue weighted by molar-refractivity contribution is -0.141. The molecule has 0 aliphatic rings. The Balaban J connectivity index is 3.68. The third-order valence-electron chi connectivity index (χ3n) is 2.28. The highest BCUT2D eigenvalue weighted by atomic mass is 16.5. The van der Waals surface area contributed by atoms with Gasteiger partial charge in [-0.15, -0.1) is 0 Å². The van der Waals surface area contributed by atoms with Crippen molar-refractivity contribution in [3.63, 3.8) is 0 Å². The number of hydrogen-bond donors (Lipinski definition) is 0. The normalized spacial score (nSPS) is 12.6. The van der Waals surface area contributed by atoms with Crippen LogP contribution in [0.1, 0.15) is 46.5 Å². The molecule has 0 rings (SSSR count). The minimum atomic E-state index is -0.196. The monoisotopic (exact) mass is 214 g/mol. The summed E-state index contributed by atoms with van der Waals surface area (Å²) in [6, 6.07) is 0. The molecular weight excluding hydrogens is 192 g/mol. The number of carbonyl (C=O) groups is 2. The molecule has 1 unspecified atom stereocenters. The minimum Gasteiger partial charge on any atom is -0.469 e. The Kier molecular flexibility index (Phi) is 7.01. The van der Waals surface area contributed by atoms with Crippen LogP contribution in [0, 0.1) is 11.8 Å². The molecule has 0 radical (unpaired) electrons. The smallest absolute Gasteiger partial charge is 0.305 e. The van der Waals surface area contributed by atoms with E-state index in [1.165, 1.54) is 7.11 Å². The maximum atomic E-state index is 11.5.